The van der Waals surface area contributed by atoms with Gasteiger partial charge in [-0.1, -0.05) is 30.3 Å². The highest BCUT2D eigenvalue weighted by atomic mass is 16.4. The molecule has 0 heterocycles. The van der Waals surface area contributed by atoms with Crippen molar-refractivity contribution in [3.05, 3.63) is 41.5 Å². The average molecular weight is 207 g/mol. The first-order chi connectivity index (χ1) is 7.04. The van der Waals surface area contributed by atoms with Crippen LogP contribution in [0.1, 0.15) is 5.56 Å². The Kier molecular flexibility index (Phi) is 3.07. The van der Waals surface area contributed by atoms with Crippen LogP contribution in [0, 0.1) is 0 Å². The van der Waals surface area contributed by atoms with Crippen molar-refractivity contribution in [1.82, 2.24) is 0 Å². The summed E-state index contributed by atoms with van der Waals surface area (Å²) in [5.74, 6) is -3.36. The highest BCUT2D eigenvalue weighted by Gasteiger charge is 2.20. The molecule has 0 aliphatic heterocycles. The third-order valence-electron chi connectivity index (χ3n) is 1.74. The second-order valence-electron chi connectivity index (χ2n) is 2.76. The van der Waals surface area contributed by atoms with Gasteiger partial charge in [-0.3, -0.25) is 4.79 Å². The first-order valence-corrected chi connectivity index (χ1v) is 4.05. The number of carbonyl (C=O) groups excluding carboxylic acids is 1. The third-order valence-corrected chi connectivity index (χ3v) is 1.74. The number of nitrogens with two attached hydrogens (primary N) is 1. The first kappa shape index (κ1) is 10.8. The molecular formula is C10H9NO4. The molecule has 0 saturated carbocycles. The van der Waals surface area contributed by atoms with E-state index in [4.69, 9.17) is 10.8 Å². The summed E-state index contributed by atoms with van der Waals surface area (Å²) >= 11 is 0. The van der Waals surface area contributed by atoms with Crippen LogP contribution in [-0.4, -0.2) is 22.1 Å². The van der Waals surface area contributed by atoms with Gasteiger partial charge in [0.05, 0.1) is 0 Å². The van der Waals surface area contributed by atoms with Crippen LogP contribution < -0.4 is 5.73 Å². The molecule has 1 rings (SSSR count). The summed E-state index contributed by atoms with van der Waals surface area (Å²) < 4.78 is 0. The minimum Gasteiger partial charge on any atom is -0.506 e. The van der Waals surface area contributed by atoms with Gasteiger partial charge in [-0.2, -0.15) is 0 Å². The summed E-state index contributed by atoms with van der Waals surface area (Å²) in [4.78, 5) is 21.4. The molecule has 0 radical (unpaired) electrons. The lowest BCUT2D eigenvalue weighted by Crippen LogP contribution is -2.22. The fraction of sp³-hybridized carbons (Fsp3) is 0. The van der Waals surface area contributed by atoms with Gasteiger partial charge in [-0.15, -0.1) is 0 Å². The summed E-state index contributed by atoms with van der Waals surface area (Å²) in [5.41, 5.74) is 4.25. The van der Waals surface area contributed by atoms with Gasteiger partial charge in [-0.25, -0.2) is 4.79 Å². The van der Waals surface area contributed by atoms with Crippen molar-refractivity contribution >= 4 is 17.6 Å². The molecule has 0 unspecified atom stereocenters. The monoisotopic (exact) mass is 207 g/mol. The molecule has 4 N–H and O–H groups in total. The maximum Gasteiger partial charge on any atom is 0.345 e. The topological polar surface area (TPSA) is 101 Å². The summed E-state index contributed by atoms with van der Waals surface area (Å²) in [6.45, 7) is 0. The number of aliphatic hydroxyl groups excluding tert-OH is 1. The highest BCUT2D eigenvalue weighted by molar-refractivity contribution is 6.19. The van der Waals surface area contributed by atoms with Gasteiger partial charge >= 0.3 is 5.97 Å². The first-order valence-electron chi connectivity index (χ1n) is 4.05. The smallest absolute Gasteiger partial charge is 0.345 e. The minimum absolute atomic E-state index is 0.230. The van der Waals surface area contributed by atoms with Crippen molar-refractivity contribution in [3.63, 3.8) is 0 Å². The zero-order valence-electron chi connectivity index (χ0n) is 7.68. The van der Waals surface area contributed by atoms with Gasteiger partial charge in [0.2, 0.25) is 0 Å². The van der Waals surface area contributed by atoms with Crippen LogP contribution in [0.3, 0.4) is 0 Å². The van der Waals surface area contributed by atoms with E-state index >= 15 is 0 Å². The molecule has 0 aromatic heterocycles. The number of carboxylic acids is 1. The molecule has 78 valence electrons. The van der Waals surface area contributed by atoms with Crippen molar-refractivity contribution in [2.75, 3.05) is 0 Å². The predicted octanol–water partition coefficient (Wildman–Crippen LogP) is 0.526. The van der Waals surface area contributed by atoms with Crippen LogP contribution in [0.25, 0.3) is 5.76 Å². The Labute approximate surface area is 85.5 Å². The van der Waals surface area contributed by atoms with E-state index in [0.717, 1.165) is 0 Å². The number of aliphatic carboxylic acids is 1. The number of hydrogen-bond donors (Lipinski definition) is 3. The number of aliphatic hydroxyl groups is 1. The molecule has 0 aliphatic carbocycles. The second kappa shape index (κ2) is 4.28. The van der Waals surface area contributed by atoms with Gasteiger partial charge in [0.15, 0.2) is 5.57 Å². The maximum atomic E-state index is 10.8. The lowest BCUT2D eigenvalue weighted by molar-refractivity contribution is -0.134. The Morgan fingerprint density at radius 3 is 2.00 bits per heavy atom. The number of hydrogen-bond acceptors (Lipinski definition) is 3. The van der Waals surface area contributed by atoms with Crippen LogP contribution >= 0.6 is 0 Å². The van der Waals surface area contributed by atoms with Crippen molar-refractivity contribution in [2.45, 2.75) is 0 Å². The van der Waals surface area contributed by atoms with E-state index in [-0.39, 0.29) is 5.56 Å². The molecule has 0 aliphatic rings. The fourth-order valence-electron chi connectivity index (χ4n) is 1.06. The van der Waals surface area contributed by atoms with E-state index in [0.29, 0.717) is 0 Å². The molecule has 5 heteroatoms. The number of primary amides is 1. The SMILES string of the molecule is NC(=O)C(C(=O)O)=C(O)c1ccccc1. The lowest BCUT2D eigenvalue weighted by atomic mass is 10.1. The van der Waals surface area contributed by atoms with E-state index in [1.165, 1.54) is 12.1 Å². The Morgan fingerprint density at radius 2 is 1.60 bits per heavy atom. The summed E-state index contributed by atoms with van der Waals surface area (Å²) in [5, 5.41) is 18.2. The average Bonchev–Trinajstić information content (AvgIpc) is 2.18. The molecule has 5 nitrogen and oxygen atoms in total. The number of benzene rings is 1. The summed E-state index contributed by atoms with van der Waals surface area (Å²) in [6, 6.07) is 7.85. The number of rotatable bonds is 3. The molecule has 15 heavy (non-hydrogen) atoms. The molecule has 1 amide bonds. The van der Waals surface area contributed by atoms with Gasteiger partial charge < -0.3 is 15.9 Å². The van der Waals surface area contributed by atoms with Gasteiger partial charge in [-0.05, 0) is 0 Å². The van der Waals surface area contributed by atoms with Crippen LogP contribution in [-0.2, 0) is 9.59 Å². The zero-order chi connectivity index (χ0) is 11.4. The number of carbonyl (C=O) groups is 2. The van der Waals surface area contributed by atoms with Crippen LogP contribution in [0.4, 0.5) is 0 Å². The molecule has 0 saturated heterocycles. The highest BCUT2D eigenvalue weighted by Crippen LogP contribution is 2.15. The van der Waals surface area contributed by atoms with Crippen LogP contribution in [0.5, 0.6) is 0 Å². The van der Waals surface area contributed by atoms with Crippen molar-refractivity contribution in [3.8, 4) is 0 Å². The van der Waals surface area contributed by atoms with Crippen LogP contribution in [0.2, 0.25) is 0 Å². The molecule has 0 spiro atoms. The minimum atomic E-state index is -1.55. The Bertz CT molecular complexity index is 406. The normalized spacial score (nSPS) is 11.7. The largest absolute Gasteiger partial charge is 0.506 e. The predicted molar refractivity (Wildman–Crippen MR) is 52.8 cm³/mol. The van der Waals surface area contributed by atoms with E-state index in [2.05, 4.69) is 0 Å². The quantitative estimate of drug-likeness (QED) is 0.291. The number of carboxylic acid groups (broad SMARTS) is 1. The van der Waals surface area contributed by atoms with E-state index in [1.807, 2.05) is 0 Å². The van der Waals surface area contributed by atoms with Crippen molar-refractivity contribution < 1.29 is 19.8 Å². The fourth-order valence-corrected chi connectivity index (χ4v) is 1.06. The summed E-state index contributed by atoms with van der Waals surface area (Å²) in [7, 11) is 0. The van der Waals surface area contributed by atoms with E-state index in [9.17, 15) is 14.7 Å². The second-order valence-corrected chi connectivity index (χ2v) is 2.76. The number of amides is 1. The van der Waals surface area contributed by atoms with E-state index < -0.39 is 23.2 Å². The van der Waals surface area contributed by atoms with Crippen molar-refractivity contribution in [1.29, 1.82) is 0 Å². The Hall–Kier alpha value is -2.30. The zero-order valence-corrected chi connectivity index (χ0v) is 7.68. The molecule has 0 atom stereocenters. The van der Waals surface area contributed by atoms with Gasteiger partial charge in [0.25, 0.3) is 5.91 Å². The van der Waals surface area contributed by atoms with Gasteiger partial charge in [0, 0.05) is 5.56 Å². The Morgan fingerprint density at radius 1 is 1.07 bits per heavy atom. The molecular weight excluding hydrogens is 198 g/mol. The Balaban J connectivity index is 3.29. The molecule has 0 bridgehead atoms. The third kappa shape index (κ3) is 2.34. The van der Waals surface area contributed by atoms with E-state index in [1.54, 1.807) is 18.2 Å². The van der Waals surface area contributed by atoms with Crippen molar-refractivity contribution in [2.24, 2.45) is 5.73 Å². The van der Waals surface area contributed by atoms with Crippen LogP contribution in [0.15, 0.2) is 35.9 Å². The summed E-state index contributed by atoms with van der Waals surface area (Å²) in [6.07, 6.45) is 0. The standard InChI is InChI=1S/C10H9NO4/c11-9(13)7(10(14)15)8(12)6-4-2-1-3-5-6/h1-5,12H,(H2,11,13)(H,14,15). The maximum absolute atomic E-state index is 10.8. The molecule has 0 fully saturated rings. The lowest BCUT2D eigenvalue weighted by Gasteiger charge is -2.03. The molecule has 1 aromatic carbocycles. The molecule has 1 aromatic rings. The van der Waals surface area contributed by atoms with Gasteiger partial charge in [0.1, 0.15) is 5.76 Å².